The normalized spacial score (nSPS) is 36.6. The Labute approximate surface area is 85.6 Å². The number of ether oxygens (including phenoxy) is 1. The minimum absolute atomic E-state index is 0.203. The highest BCUT2D eigenvalue weighted by Crippen LogP contribution is 2.41. The highest BCUT2D eigenvalue weighted by Gasteiger charge is 2.43. The number of hydrogen-bond acceptors (Lipinski definition) is 2. The van der Waals surface area contributed by atoms with Crippen molar-refractivity contribution in [1.82, 2.24) is 0 Å². The molecule has 2 rings (SSSR count). The molecule has 0 aliphatic carbocycles. The first-order chi connectivity index (χ1) is 6.81. The molecule has 4 unspecified atom stereocenters. The highest BCUT2D eigenvalue weighted by molar-refractivity contribution is 4.97. The minimum Gasteiger partial charge on any atom is -0.393 e. The molecule has 2 nitrogen and oxygen atoms in total. The fourth-order valence-corrected chi connectivity index (χ4v) is 2.64. The average Bonchev–Trinajstić information content (AvgIpc) is 2.79. The Morgan fingerprint density at radius 2 is 2.36 bits per heavy atom. The summed E-state index contributed by atoms with van der Waals surface area (Å²) >= 11 is 0. The first-order valence-electron chi connectivity index (χ1n) is 5.54. The fraction of sp³-hybridized carbons (Fsp3) is 0.833. The molecule has 0 aromatic rings. The molecule has 2 bridgehead atoms. The van der Waals surface area contributed by atoms with Gasteiger partial charge in [0.05, 0.1) is 18.3 Å². The van der Waals surface area contributed by atoms with Gasteiger partial charge in [0.1, 0.15) is 0 Å². The van der Waals surface area contributed by atoms with Crippen LogP contribution in [0.3, 0.4) is 0 Å². The van der Waals surface area contributed by atoms with Crippen molar-refractivity contribution < 1.29 is 9.84 Å². The molecular formula is C12H18O2. The summed E-state index contributed by atoms with van der Waals surface area (Å²) in [5.41, 5.74) is 0. The maximum atomic E-state index is 9.95. The Balaban J connectivity index is 1.79. The van der Waals surface area contributed by atoms with Crippen molar-refractivity contribution in [2.75, 3.05) is 0 Å². The third-order valence-corrected chi connectivity index (χ3v) is 3.39. The van der Waals surface area contributed by atoms with Crippen LogP contribution in [0.15, 0.2) is 0 Å². The molecule has 2 aliphatic heterocycles. The lowest BCUT2D eigenvalue weighted by molar-refractivity contribution is 0.0397. The Kier molecular flexibility index (Phi) is 3.10. The first-order valence-corrected chi connectivity index (χ1v) is 5.54. The second-order valence-corrected chi connectivity index (χ2v) is 4.31. The maximum absolute atomic E-state index is 9.95. The van der Waals surface area contributed by atoms with Crippen LogP contribution in [-0.2, 0) is 4.74 Å². The number of aliphatic hydroxyl groups excluding tert-OH is 1. The number of aliphatic hydroxyl groups is 1. The summed E-state index contributed by atoms with van der Waals surface area (Å²) in [7, 11) is 0. The monoisotopic (exact) mass is 194 g/mol. The molecule has 2 saturated heterocycles. The number of rotatable bonds is 3. The van der Waals surface area contributed by atoms with E-state index in [-0.39, 0.29) is 6.10 Å². The van der Waals surface area contributed by atoms with Gasteiger partial charge < -0.3 is 9.84 Å². The Morgan fingerprint density at radius 1 is 1.50 bits per heavy atom. The van der Waals surface area contributed by atoms with E-state index in [4.69, 9.17) is 4.74 Å². The molecule has 14 heavy (non-hydrogen) atoms. The van der Waals surface area contributed by atoms with Gasteiger partial charge in [-0.3, -0.25) is 0 Å². The Bertz CT molecular complexity index is 251. The van der Waals surface area contributed by atoms with Crippen molar-refractivity contribution >= 4 is 0 Å². The van der Waals surface area contributed by atoms with Crippen LogP contribution in [0.4, 0.5) is 0 Å². The van der Waals surface area contributed by atoms with E-state index in [9.17, 15) is 5.11 Å². The standard InChI is InChI=1S/C12H18O2/c1-2-3-4-5-11(13)10-8-9-6-7-12(10)14-9/h9-13H,4-8H2,1H3. The summed E-state index contributed by atoms with van der Waals surface area (Å²) in [6, 6.07) is 0. The van der Waals surface area contributed by atoms with E-state index in [1.807, 2.05) is 6.92 Å². The number of hydrogen-bond donors (Lipinski definition) is 1. The summed E-state index contributed by atoms with van der Waals surface area (Å²) in [5, 5.41) is 9.95. The molecule has 0 radical (unpaired) electrons. The van der Waals surface area contributed by atoms with Crippen molar-refractivity contribution in [3.05, 3.63) is 0 Å². The van der Waals surface area contributed by atoms with Gasteiger partial charge in [-0.2, -0.15) is 0 Å². The Morgan fingerprint density at radius 3 is 2.93 bits per heavy atom. The molecule has 4 atom stereocenters. The highest BCUT2D eigenvalue weighted by atomic mass is 16.5. The number of fused-ring (bicyclic) bond motifs is 2. The van der Waals surface area contributed by atoms with Gasteiger partial charge >= 0.3 is 0 Å². The van der Waals surface area contributed by atoms with Gasteiger partial charge in [-0.05, 0) is 32.6 Å². The molecule has 78 valence electrons. The van der Waals surface area contributed by atoms with Crippen LogP contribution >= 0.6 is 0 Å². The van der Waals surface area contributed by atoms with E-state index in [0.717, 1.165) is 25.7 Å². The van der Waals surface area contributed by atoms with Crippen molar-refractivity contribution in [2.24, 2.45) is 5.92 Å². The maximum Gasteiger partial charge on any atom is 0.0633 e. The van der Waals surface area contributed by atoms with Crippen LogP contribution in [0.1, 0.15) is 39.0 Å². The van der Waals surface area contributed by atoms with Crippen LogP contribution in [0.25, 0.3) is 0 Å². The van der Waals surface area contributed by atoms with Gasteiger partial charge in [-0.1, -0.05) is 0 Å². The SMILES string of the molecule is CC#CCCC(O)C1CC2CCC1O2. The average molecular weight is 194 g/mol. The van der Waals surface area contributed by atoms with E-state index in [1.54, 1.807) is 0 Å². The third kappa shape index (κ3) is 1.94. The lowest BCUT2D eigenvalue weighted by Gasteiger charge is -2.23. The molecule has 2 aliphatic rings. The van der Waals surface area contributed by atoms with Crippen molar-refractivity contribution in [1.29, 1.82) is 0 Å². The van der Waals surface area contributed by atoms with Gasteiger partial charge in [0.2, 0.25) is 0 Å². The smallest absolute Gasteiger partial charge is 0.0633 e. The third-order valence-electron chi connectivity index (χ3n) is 3.39. The van der Waals surface area contributed by atoms with Crippen LogP contribution < -0.4 is 0 Å². The van der Waals surface area contributed by atoms with Gasteiger partial charge in [-0.15, -0.1) is 11.8 Å². The van der Waals surface area contributed by atoms with E-state index >= 15 is 0 Å². The summed E-state index contributed by atoms with van der Waals surface area (Å²) in [5.74, 6) is 6.23. The summed E-state index contributed by atoms with van der Waals surface area (Å²) in [6.07, 6.45) is 5.59. The fourth-order valence-electron chi connectivity index (χ4n) is 2.64. The van der Waals surface area contributed by atoms with Crippen molar-refractivity contribution in [3.63, 3.8) is 0 Å². The van der Waals surface area contributed by atoms with Gasteiger partial charge in [-0.25, -0.2) is 0 Å². The van der Waals surface area contributed by atoms with Crippen LogP contribution in [0.5, 0.6) is 0 Å². The van der Waals surface area contributed by atoms with Gasteiger partial charge in [0, 0.05) is 12.3 Å². The minimum atomic E-state index is -0.203. The largest absolute Gasteiger partial charge is 0.393 e. The molecule has 0 aromatic carbocycles. The van der Waals surface area contributed by atoms with E-state index in [1.165, 1.54) is 6.42 Å². The van der Waals surface area contributed by atoms with Crippen LogP contribution in [0.2, 0.25) is 0 Å². The van der Waals surface area contributed by atoms with Crippen LogP contribution in [-0.4, -0.2) is 23.4 Å². The molecule has 0 amide bonds. The zero-order chi connectivity index (χ0) is 9.97. The van der Waals surface area contributed by atoms with Crippen molar-refractivity contribution in [2.45, 2.75) is 57.3 Å². The molecule has 0 aromatic heterocycles. The van der Waals surface area contributed by atoms with Gasteiger partial charge in [0.15, 0.2) is 0 Å². The lowest BCUT2D eigenvalue weighted by Crippen LogP contribution is -2.29. The summed E-state index contributed by atoms with van der Waals surface area (Å²) < 4.78 is 5.72. The second kappa shape index (κ2) is 4.33. The Hall–Kier alpha value is -0.520. The van der Waals surface area contributed by atoms with E-state index in [2.05, 4.69) is 11.8 Å². The van der Waals surface area contributed by atoms with E-state index in [0.29, 0.717) is 18.1 Å². The van der Waals surface area contributed by atoms with Crippen molar-refractivity contribution in [3.8, 4) is 11.8 Å². The second-order valence-electron chi connectivity index (χ2n) is 4.31. The zero-order valence-corrected chi connectivity index (χ0v) is 8.70. The predicted molar refractivity (Wildman–Crippen MR) is 54.7 cm³/mol. The van der Waals surface area contributed by atoms with E-state index < -0.39 is 0 Å². The molecule has 0 spiro atoms. The summed E-state index contributed by atoms with van der Waals surface area (Å²) in [4.78, 5) is 0. The quantitative estimate of drug-likeness (QED) is 0.693. The zero-order valence-electron chi connectivity index (χ0n) is 8.70. The lowest BCUT2D eigenvalue weighted by atomic mass is 9.84. The van der Waals surface area contributed by atoms with Crippen LogP contribution in [0, 0.1) is 17.8 Å². The van der Waals surface area contributed by atoms with Gasteiger partial charge in [0.25, 0.3) is 0 Å². The predicted octanol–water partition coefficient (Wildman–Crippen LogP) is 1.72. The molecule has 2 heterocycles. The molecule has 2 heteroatoms. The molecule has 0 saturated carbocycles. The molecular weight excluding hydrogens is 176 g/mol. The summed E-state index contributed by atoms with van der Waals surface area (Å²) in [6.45, 7) is 1.84. The molecule has 1 N–H and O–H groups in total. The molecule has 2 fully saturated rings. The topological polar surface area (TPSA) is 29.5 Å². The first kappa shape index (κ1) is 10.0.